The van der Waals surface area contributed by atoms with Gasteiger partial charge in [0.2, 0.25) is 11.8 Å². The van der Waals surface area contributed by atoms with Crippen molar-refractivity contribution in [3.8, 4) is 0 Å². The average molecular weight is 695 g/mol. The van der Waals surface area contributed by atoms with E-state index in [1.807, 2.05) is 81.4 Å². The van der Waals surface area contributed by atoms with E-state index in [0.717, 1.165) is 62.5 Å². The van der Waals surface area contributed by atoms with Crippen LogP contribution in [0, 0.1) is 0 Å². The lowest BCUT2D eigenvalue weighted by Gasteiger charge is -2.39. The molecule has 0 aliphatic heterocycles. The predicted octanol–water partition coefficient (Wildman–Crippen LogP) is 7.65. The van der Waals surface area contributed by atoms with Crippen LogP contribution in [0.3, 0.4) is 0 Å². The van der Waals surface area contributed by atoms with Crippen molar-refractivity contribution >= 4 is 24.0 Å². The monoisotopic (exact) mass is 694 g/mol. The summed E-state index contributed by atoms with van der Waals surface area (Å²) in [5.74, 6) is -0.464. The smallest absolute Gasteiger partial charge is 0.408 e. The van der Waals surface area contributed by atoms with Crippen LogP contribution in [0.4, 0.5) is 9.59 Å². The summed E-state index contributed by atoms with van der Waals surface area (Å²) >= 11 is 0. The van der Waals surface area contributed by atoms with Crippen LogP contribution in [0.2, 0.25) is 0 Å². The van der Waals surface area contributed by atoms with Crippen molar-refractivity contribution in [2.75, 3.05) is 13.1 Å². The van der Waals surface area contributed by atoms with Gasteiger partial charge in [-0.05, 0) is 65.5 Å². The van der Waals surface area contributed by atoms with Crippen LogP contribution in [0.15, 0.2) is 60.7 Å². The molecular weight excluding hydrogens is 632 g/mol. The van der Waals surface area contributed by atoms with Gasteiger partial charge in [0.15, 0.2) is 0 Å². The minimum atomic E-state index is -1.10. The Bertz CT molecular complexity index is 1290. The van der Waals surface area contributed by atoms with E-state index in [1.54, 1.807) is 20.8 Å². The molecule has 50 heavy (non-hydrogen) atoms. The van der Waals surface area contributed by atoms with Crippen molar-refractivity contribution in [3.63, 3.8) is 0 Å². The number of unbranched alkanes of at least 4 members (excludes halogenated alkanes) is 9. The molecule has 2 aromatic rings. The molecule has 0 aliphatic rings. The van der Waals surface area contributed by atoms with Crippen molar-refractivity contribution in [2.24, 2.45) is 0 Å². The minimum absolute atomic E-state index is 0.210. The summed E-state index contributed by atoms with van der Waals surface area (Å²) in [4.78, 5) is 51.9. The van der Waals surface area contributed by atoms with Gasteiger partial charge in [-0.1, -0.05) is 112 Å². The zero-order valence-electron chi connectivity index (χ0n) is 31.3. The highest BCUT2D eigenvalue weighted by molar-refractivity contribution is 5.86. The molecule has 278 valence electrons. The fourth-order valence-corrected chi connectivity index (χ4v) is 5.86. The van der Waals surface area contributed by atoms with Crippen LogP contribution in [0.1, 0.15) is 117 Å². The number of carbonyl (C=O) groups is 4. The van der Waals surface area contributed by atoms with E-state index in [1.165, 1.54) is 17.7 Å². The predicted molar refractivity (Wildman–Crippen MR) is 199 cm³/mol. The Morgan fingerprint density at radius 1 is 0.640 bits per heavy atom. The third-order valence-electron chi connectivity index (χ3n) is 8.31. The average Bonchev–Trinajstić information content (AvgIpc) is 3.03. The van der Waals surface area contributed by atoms with Crippen LogP contribution >= 0.6 is 0 Å². The lowest BCUT2D eigenvalue weighted by Crippen LogP contribution is -2.57. The summed E-state index contributed by atoms with van der Waals surface area (Å²) < 4.78 is 5.37. The summed E-state index contributed by atoms with van der Waals surface area (Å²) in [5, 5.41) is 18.6. The second-order valence-corrected chi connectivity index (χ2v) is 15.0. The Hall–Kier alpha value is -4.08. The SMILES string of the molecule is CC(C)(C)OC(=O)N[C@@H](Cc1ccccc1)C(=O)NCCCCCCCCCCCCNC(=O)[C@H](Cc1ccccc1)N(C(=O)O)C(C)(C)C. The second-order valence-electron chi connectivity index (χ2n) is 15.0. The summed E-state index contributed by atoms with van der Waals surface area (Å²) in [6, 6.07) is 17.6. The van der Waals surface area contributed by atoms with Crippen LogP contribution in [0.25, 0.3) is 0 Å². The first kappa shape index (κ1) is 42.1. The summed E-state index contributed by atoms with van der Waals surface area (Å²) in [6.45, 7) is 11.9. The molecule has 0 saturated heterocycles. The lowest BCUT2D eigenvalue weighted by molar-refractivity contribution is -0.127. The van der Waals surface area contributed by atoms with E-state index < -0.39 is 35.4 Å². The molecule has 10 nitrogen and oxygen atoms in total. The fourth-order valence-electron chi connectivity index (χ4n) is 5.86. The van der Waals surface area contributed by atoms with E-state index in [0.29, 0.717) is 25.9 Å². The van der Waals surface area contributed by atoms with Crippen molar-refractivity contribution in [1.29, 1.82) is 0 Å². The lowest BCUT2D eigenvalue weighted by atomic mass is 9.98. The number of amides is 4. The van der Waals surface area contributed by atoms with Crippen LogP contribution in [0.5, 0.6) is 0 Å². The topological polar surface area (TPSA) is 137 Å². The van der Waals surface area contributed by atoms with Gasteiger partial charge in [-0.2, -0.15) is 0 Å². The first-order valence-electron chi connectivity index (χ1n) is 18.3. The molecule has 0 unspecified atom stereocenters. The molecule has 0 bridgehead atoms. The first-order valence-corrected chi connectivity index (χ1v) is 18.3. The second kappa shape index (κ2) is 21.9. The largest absolute Gasteiger partial charge is 0.465 e. The molecule has 0 aliphatic carbocycles. The quantitative estimate of drug-likeness (QED) is 0.0992. The molecule has 0 heterocycles. The zero-order valence-corrected chi connectivity index (χ0v) is 31.3. The van der Waals surface area contributed by atoms with Gasteiger partial charge in [-0.15, -0.1) is 0 Å². The highest BCUT2D eigenvalue weighted by Gasteiger charge is 2.37. The zero-order chi connectivity index (χ0) is 37.0. The summed E-state index contributed by atoms with van der Waals surface area (Å²) in [6.07, 6.45) is 9.63. The Labute approximate surface area is 300 Å². The molecule has 4 amide bonds. The first-order chi connectivity index (χ1) is 23.7. The third kappa shape index (κ3) is 17.5. The van der Waals surface area contributed by atoms with Crippen LogP contribution in [-0.4, -0.2) is 70.3 Å². The fraction of sp³-hybridized carbons (Fsp3) is 0.600. The number of rotatable bonds is 21. The molecule has 0 aromatic heterocycles. The maximum Gasteiger partial charge on any atom is 0.408 e. The number of ether oxygens (including phenoxy) is 1. The maximum atomic E-state index is 13.2. The van der Waals surface area contributed by atoms with Gasteiger partial charge in [0, 0.05) is 31.5 Å². The van der Waals surface area contributed by atoms with Gasteiger partial charge >= 0.3 is 12.2 Å². The molecular formula is C40H62N4O6. The van der Waals surface area contributed by atoms with Crippen molar-refractivity contribution in [1.82, 2.24) is 20.9 Å². The summed E-state index contributed by atoms with van der Waals surface area (Å²) in [5.41, 5.74) is 0.523. The van der Waals surface area contributed by atoms with Gasteiger partial charge in [0.1, 0.15) is 17.7 Å². The molecule has 10 heteroatoms. The maximum absolute atomic E-state index is 13.2. The van der Waals surface area contributed by atoms with Gasteiger partial charge < -0.3 is 25.8 Å². The Kier molecular flexibility index (Phi) is 18.4. The van der Waals surface area contributed by atoms with E-state index in [2.05, 4.69) is 16.0 Å². The van der Waals surface area contributed by atoms with Crippen molar-refractivity contribution in [2.45, 2.75) is 142 Å². The van der Waals surface area contributed by atoms with Crippen LogP contribution in [-0.2, 0) is 27.2 Å². The normalized spacial score (nSPS) is 12.8. The standard InChI is InChI=1S/C40H62N4O6/c1-39(2,3)44(38(48)49)34(30-32-25-19-16-20-26-32)36(46)42-28-22-14-12-10-8-7-9-11-13-21-27-41-35(45)33(29-31-23-17-15-18-24-31)43-37(47)50-40(4,5)6/h15-20,23-26,33-34H,7-14,21-22,27-30H2,1-6H3,(H,41,45)(H,42,46)(H,43,47)(H,48,49)/t33-,34-/m0/s1. The molecule has 0 spiro atoms. The number of benzene rings is 2. The number of carboxylic acid groups (broad SMARTS) is 1. The number of nitrogens with one attached hydrogen (secondary N) is 3. The molecule has 2 atom stereocenters. The van der Waals surface area contributed by atoms with E-state index in [9.17, 15) is 24.3 Å². The van der Waals surface area contributed by atoms with Crippen molar-refractivity contribution in [3.05, 3.63) is 71.8 Å². The highest BCUT2D eigenvalue weighted by Crippen LogP contribution is 2.21. The van der Waals surface area contributed by atoms with Crippen molar-refractivity contribution < 1.29 is 29.0 Å². The van der Waals surface area contributed by atoms with E-state index in [-0.39, 0.29) is 11.8 Å². The summed E-state index contributed by atoms with van der Waals surface area (Å²) in [7, 11) is 0. The third-order valence-corrected chi connectivity index (χ3v) is 8.31. The van der Waals surface area contributed by atoms with E-state index in [4.69, 9.17) is 4.74 Å². The number of hydrogen-bond acceptors (Lipinski definition) is 5. The molecule has 0 radical (unpaired) electrons. The Morgan fingerprint density at radius 2 is 1.06 bits per heavy atom. The molecule has 2 rings (SSSR count). The van der Waals surface area contributed by atoms with E-state index >= 15 is 0 Å². The number of hydrogen-bond donors (Lipinski definition) is 4. The number of carbonyl (C=O) groups excluding carboxylic acids is 3. The highest BCUT2D eigenvalue weighted by atomic mass is 16.6. The Balaban J connectivity index is 1.60. The Morgan fingerprint density at radius 3 is 1.48 bits per heavy atom. The van der Waals surface area contributed by atoms with Gasteiger partial charge in [-0.25, -0.2) is 9.59 Å². The molecule has 4 N–H and O–H groups in total. The van der Waals surface area contributed by atoms with Crippen LogP contribution < -0.4 is 16.0 Å². The molecule has 0 saturated carbocycles. The minimum Gasteiger partial charge on any atom is -0.465 e. The molecule has 0 fully saturated rings. The number of alkyl carbamates (subject to hydrolysis) is 1. The molecule has 2 aromatic carbocycles. The number of nitrogens with zero attached hydrogens (tertiary/aromatic N) is 1. The van der Waals surface area contributed by atoms with Gasteiger partial charge in [0.25, 0.3) is 0 Å². The van der Waals surface area contributed by atoms with Gasteiger partial charge in [-0.3, -0.25) is 14.5 Å². The van der Waals surface area contributed by atoms with Gasteiger partial charge in [0.05, 0.1) is 0 Å².